The summed E-state index contributed by atoms with van der Waals surface area (Å²) in [6, 6.07) is 13.5. The normalized spacial score (nSPS) is 9.85. The summed E-state index contributed by atoms with van der Waals surface area (Å²) in [5.41, 5.74) is 1.57. The Kier molecular flexibility index (Phi) is 4.80. The molecule has 0 amide bonds. The maximum absolute atomic E-state index is 13.2. The first-order chi connectivity index (χ1) is 9.67. The fourth-order valence-corrected chi connectivity index (χ4v) is 1.94. The van der Waals surface area contributed by atoms with Crippen LogP contribution in [0.1, 0.15) is 5.56 Å². The van der Waals surface area contributed by atoms with Crippen molar-refractivity contribution < 1.29 is 9.13 Å². The Morgan fingerprint density at radius 1 is 1.25 bits per heavy atom. The molecule has 0 radical (unpaired) electrons. The predicted octanol–water partition coefficient (Wildman–Crippen LogP) is 3.99. The lowest BCUT2D eigenvalue weighted by Crippen LogP contribution is -2.01. The standard InChI is InChI=1S/C15H12ClFN2O/c16-12-7-13(17)9-14(8-12)19-10-11-2-1-3-15(6-11)20-5-4-18/h1-3,6-9,19H,5,10H2. The summed E-state index contributed by atoms with van der Waals surface area (Å²) in [5, 5.41) is 11.9. The lowest BCUT2D eigenvalue weighted by molar-refractivity contribution is 0.368. The number of halogens is 2. The van der Waals surface area contributed by atoms with Crippen LogP contribution in [0.2, 0.25) is 5.02 Å². The van der Waals surface area contributed by atoms with E-state index in [2.05, 4.69) is 5.32 Å². The van der Waals surface area contributed by atoms with E-state index < -0.39 is 0 Å². The van der Waals surface area contributed by atoms with Gasteiger partial charge in [0.25, 0.3) is 0 Å². The summed E-state index contributed by atoms with van der Waals surface area (Å²) < 4.78 is 18.4. The van der Waals surface area contributed by atoms with Gasteiger partial charge in [0.1, 0.15) is 17.6 Å². The predicted molar refractivity (Wildman–Crippen MR) is 76.3 cm³/mol. The highest BCUT2D eigenvalue weighted by Gasteiger charge is 2.01. The molecule has 5 heteroatoms. The summed E-state index contributed by atoms with van der Waals surface area (Å²) in [5.74, 6) is 0.245. The van der Waals surface area contributed by atoms with Crippen LogP contribution in [0, 0.1) is 17.1 Å². The number of anilines is 1. The van der Waals surface area contributed by atoms with Gasteiger partial charge in [0.2, 0.25) is 0 Å². The Balaban J connectivity index is 2.01. The van der Waals surface area contributed by atoms with Crippen LogP contribution in [0.25, 0.3) is 0 Å². The quantitative estimate of drug-likeness (QED) is 0.905. The topological polar surface area (TPSA) is 45.0 Å². The fourth-order valence-electron chi connectivity index (χ4n) is 1.72. The minimum Gasteiger partial charge on any atom is -0.479 e. The van der Waals surface area contributed by atoms with Crippen molar-refractivity contribution in [2.24, 2.45) is 0 Å². The molecule has 0 aliphatic rings. The molecule has 0 heterocycles. The van der Waals surface area contributed by atoms with Gasteiger partial charge in [0, 0.05) is 17.3 Å². The monoisotopic (exact) mass is 290 g/mol. The molecule has 0 spiro atoms. The zero-order chi connectivity index (χ0) is 14.4. The number of hydrogen-bond donors (Lipinski definition) is 1. The SMILES string of the molecule is N#CCOc1cccc(CNc2cc(F)cc(Cl)c2)c1. The van der Waals surface area contributed by atoms with Gasteiger partial charge in [0.15, 0.2) is 6.61 Å². The van der Waals surface area contributed by atoms with Crippen molar-refractivity contribution in [1.82, 2.24) is 0 Å². The summed E-state index contributed by atoms with van der Waals surface area (Å²) in [4.78, 5) is 0. The minimum atomic E-state index is -0.383. The van der Waals surface area contributed by atoms with Crippen LogP contribution >= 0.6 is 11.6 Å². The largest absolute Gasteiger partial charge is 0.479 e. The highest BCUT2D eigenvalue weighted by atomic mass is 35.5. The molecule has 0 saturated carbocycles. The first-order valence-electron chi connectivity index (χ1n) is 5.96. The molecule has 2 aromatic carbocycles. The molecular weight excluding hydrogens is 279 g/mol. The Morgan fingerprint density at radius 3 is 2.85 bits per heavy atom. The highest BCUT2D eigenvalue weighted by molar-refractivity contribution is 6.30. The highest BCUT2D eigenvalue weighted by Crippen LogP contribution is 2.19. The molecule has 3 nitrogen and oxygen atoms in total. The van der Waals surface area contributed by atoms with Gasteiger partial charge in [0.05, 0.1) is 0 Å². The van der Waals surface area contributed by atoms with E-state index in [-0.39, 0.29) is 12.4 Å². The van der Waals surface area contributed by atoms with E-state index in [0.717, 1.165) is 5.56 Å². The Morgan fingerprint density at radius 2 is 2.10 bits per heavy atom. The molecule has 2 rings (SSSR count). The van der Waals surface area contributed by atoms with E-state index >= 15 is 0 Å². The lowest BCUT2D eigenvalue weighted by Gasteiger charge is -2.09. The summed E-state index contributed by atoms with van der Waals surface area (Å²) in [6.07, 6.45) is 0. The molecule has 0 bridgehead atoms. The van der Waals surface area contributed by atoms with Gasteiger partial charge in [-0.05, 0) is 35.9 Å². The van der Waals surface area contributed by atoms with Crippen molar-refractivity contribution in [1.29, 1.82) is 5.26 Å². The van der Waals surface area contributed by atoms with Crippen LogP contribution in [0.15, 0.2) is 42.5 Å². The number of nitriles is 1. The molecule has 0 fully saturated rings. The molecule has 0 atom stereocenters. The molecule has 0 aromatic heterocycles. The van der Waals surface area contributed by atoms with Crippen molar-refractivity contribution in [2.45, 2.75) is 6.54 Å². The lowest BCUT2D eigenvalue weighted by atomic mass is 10.2. The number of nitrogens with zero attached hydrogens (tertiary/aromatic N) is 1. The number of benzene rings is 2. The van der Waals surface area contributed by atoms with Crippen LogP contribution < -0.4 is 10.1 Å². The molecule has 0 unspecified atom stereocenters. The van der Waals surface area contributed by atoms with Gasteiger partial charge in [-0.1, -0.05) is 23.7 Å². The van der Waals surface area contributed by atoms with Gasteiger partial charge in [-0.3, -0.25) is 0 Å². The molecular formula is C15H12ClFN2O. The van der Waals surface area contributed by atoms with Crippen LogP contribution in [0.3, 0.4) is 0 Å². The molecule has 0 aliphatic heterocycles. The number of hydrogen-bond acceptors (Lipinski definition) is 3. The van der Waals surface area contributed by atoms with Gasteiger partial charge >= 0.3 is 0 Å². The second kappa shape index (κ2) is 6.78. The first kappa shape index (κ1) is 14.2. The van der Waals surface area contributed by atoms with Crippen LogP contribution in [-0.2, 0) is 6.54 Å². The zero-order valence-electron chi connectivity index (χ0n) is 10.6. The van der Waals surface area contributed by atoms with Crippen molar-refractivity contribution in [3.8, 4) is 11.8 Å². The Hall–Kier alpha value is -2.25. The third kappa shape index (κ3) is 4.15. The number of rotatable bonds is 5. The number of ether oxygens (including phenoxy) is 1. The van der Waals surface area contributed by atoms with E-state index in [1.54, 1.807) is 12.1 Å². The molecule has 2 aromatic rings. The maximum Gasteiger partial charge on any atom is 0.174 e. The molecule has 1 N–H and O–H groups in total. The van der Waals surface area contributed by atoms with Gasteiger partial charge in [-0.2, -0.15) is 5.26 Å². The smallest absolute Gasteiger partial charge is 0.174 e. The van der Waals surface area contributed by atoms with Crippen LogP contribution in [0.5, 0.6) is 5.75 Å². The van der Waals surface area contributed by atoms with E-state index in [9.17, 15) is 4.39 Å². The maximum atomic E-state index is 13.2. The molecule has 0 aliphatic carbocycles. The summed E-state index contributed by atoms with van der Waals surface area (Å²) in [6.45, 7) is 0.514. The van der Waals surface area contributed by atoms with E-state index in [4.69, 9.17) is 21.6 Å². The third-order valence-electron chi connectivity index (χ3n) is 2.56. The Labute approximate surface area is 121 Å². The number of nitrogens with one attached hydrogen (secondary N) is 1. The van der Waals surface area contributed by atoms with Crippen molar-refractivity contribution in [3.05, 3.63) is 58.9 Å². The average molecular weight is 291 g/mol. The molecule has 102 valence electrons. The zero-order valence-corrected chi connectivity index (χ0v) is 11.3. The third-order valence-corrected chi connectivity index (χ3v) is 2.78. The van der Waals surface area contributed by atoms with Gasteiger partial charge in [-0.15, -0.1) is 0 Å². The van der Waals surface area contributed by atoms with E-state index in [0.29, 0.717) is 23.0 Å². The van der Waals surface area contributed by atoms with E-state index in [1.165, 1.54) is 12.1 Å². The molecule has 0 saturated heterocycles. The van der Waals surface area contributed by atoms with Crippen LogP contribution in [0.4, 0.5) is 10.1 Å². The summed E-state index contributed by atoms with van der Waals surface area (Å²) >= 11 is 5.78. The second-order valence-electron chi connectivity index (χ2n) is 4.11. The van der Waals surface area contributed by atoms with Gasteiger partial charge in [-0.25, -0.2) is 4.39 Å². The summed E-state index contributed by atoms with van der Waals surface area (Å²) in [7, 11) is 0. The Bertz CT molecular complexity index is 620. The fraction of sp³-hybridized carbons (Fsp3) is 0.133. The van der Waals surface area contributed by atoms with E-state index in [1.807, 2.05) is 24.3 Å². The van der Waals surface area contributed by atoms with Gasteiger partial charge < -0.3 is 10.1 Å². The first-order valence-corrected chi connectivity index (χ1v) is 6.34. The minimum absolute atomic E-state index is 0.0103. The van der Waals surface area contributed by atoms with Crippen LogP contribution in [-0.4, -0.2) is 6.61 Å². The second-order valence-corrected chi connectivity index (χ2v) is 4.54. The van der Waals surface area contributed by atoms with Crippen molar-refractivity contribution >= 4 is 17.3 Å². The van der Waals surface area contributed by atoms with Crippen molar-refractivity contribution in [2.75, 3.05) is 11.9 Å². The van der Waals surface area contributed by atoms with Crippen molar-refractivity contribution in [3.63, 3.8) is 0 Å². The molecule has 20 heavy (non-hydrogen) atoms. The average Bonchev–Trinajstić information content (AvgIpc) is 2.42.